The van der Waals surface area contributed by atoms with Crippen molar-refractivity contribution >= 4 is 28.8 Å². The Labute approximate surface area is 109 Å². The number of hydrogen-bond donors (Lipinski definition) is 2. The lowest BCUT2D eigenvalue weighted by molar-refractivity contribution is -0.118. The number of nitrogens with one attached hydrogen (secondary N) is 1. The van der Waals surface area contributed by atoms with Crippen LogP contribution in [-0.2, 0) is 4.79 Å². The average molecular weight is 272 g/mol. The molecule has 3 nitrogen and oxygen atoms in total. The van der Waals surface area contributed by atoms with Crippen molar-refractivity contribution in [2.75, 3.05) is 5.32 Å². The van der Waals surface area contributed by atoms with Gasteiger partial charge in [-0.1, -0.05) is 31.6 Å². The van der Waals surface area contributed by atoms with Gasteiger partial charge in [0, 0.05) is 0 Å². The van der Waals surface area contributed by atoms with Gasteiger partial charge in [0.2, 0.25) is 5.91 Å². The van der Waals surface area contributed by atoms with Crippen LogP contribution >= 0.6 is 12.2 Å². The monoisotopic (exact) mass is 272 g/mol. The molecule has 1 unspecified atom stereocenters. The van der Waals surface area contributed by atoms with Gasteiger partial charge in [-0.2, -0.15) is 0 Å². The molecule has 0 aliphatic rings. The number of halogens is 2. The highest BCUT2D eigenvalue weighted by atomic mass is 32.1. The molecule has 1 rings (SSSR count). The first-order valence-electron chi connectivity index (χ1n) is 5.51. The number of thiocarbonyl (C=S) groups is 1. The summed E-state index contributed by atoms with van der Waals surface area (Å²) in [5, 5.41) is 2.19. The second-order valence-corrected chi connectivity index (χ2v) is 4.30. The van der Waals surface area contributed by atoms with Crippen LogP contribution in [0.15, 0.2) is 18.2 Å². The molecule has 1 amide bonds. The number of hydrogen-bond acceptors (Lipinski definition) is 2. The topological polar surface area (TPSA) is 55.1 Å². The third-order valence-corrected chi connectivity index (χ3v) is 2.73. The zero-order chi connectivity index (χ0) is 13.7. The number of rotatable bonds is 5. The molecule has 6 heteroatoms. The molecule has 0 radical (unpaired) electrons. The summed E-state index contributed by atoms with van der Waals surface area (Å²) in [6.07, 6.45) is 1.13. The molecule has 3 N–H and O–H groups in total. The number of carbonyl (C=O) groups excluding carboxylic acids is 1. The fourth-order valence-corrected chi connectivity index (χ4v) is 1.74. The molecule has 1 atom stereocenters. The van der Waals surface area contributed by atoms with Crippen molar-refractivity contribution in [3.05, 3.63) is 29.8 Å². The quantitative estimate of drug-likeness (QED) is 0.810. The van der Waals surface area contributed by atoms with E-state index in [9.17, 15) is 13.6 Å². The minimum absolute atomic E-state index is 0.0195. The fourth-order valence-electron chi connectivity index (χ4n) is 1.52. The number of nitrogens with two attached hydrogens (primary N) is 1. The van der Waals surface area contributed by atoms with E-state index in [-0.39, 0.29) is 4.99 Å². The average Bonchev–Trinajstić information content (AvgIpc) is 2.30. The Morgan fingerprint density at radius 3 is 2.44 bits per heavy atom. The van der Waals surface area contributed by atoms with Crippen LogP contribution in [-0.4, -0.2) is 10.9 Å². The van der Waals surface area contributed by atoms with Crippen molar-refractivity contribution in [3.63, 3.8) is 0 Å². The van der Waals surface area contributed by atoms with Gasteiger partial charge in [-0.05, 0) is 18.6 Å². The molecular weight excluding hydrogens is 258 g/mol. The van der Waals surface area contributed by atoms with Crippen molar-refractivity contribution in [1.29, 1.82) is 0 Å². The SMILES string of the molecule is CCCC(C(=O)Nc1c(F)cccc1F)C(N)=S. The van der Waals surface area contributed by atoms with E-state index in [1.165, 1.54) is 6.07 Å². The smallest absolute Gasteiger partial charge is 0.234 e. The van der Waals surface area contributed by atoms with Crippen LogP contribution in [0.3, 0.4) is 0 Å². The Morgan fingerprint density at radius 2 is 2.00 bits per heavy atom. The lowest BCUT2D eigenvalue weighted by Crippen LogP contribution is -2.33. The first-order valence-corrected chi connectivity index (χ1v) is 5.92. The van der Waals surface area contributed by atoms with Crippen molar-refractivity contribution in [2.24, 2.45) is 11.7 Å². The third kappa shape index (κ3) is 3.46. The van der Waals surface area contributed by atoms with Gasteiger partial charge >= 0.3 is 0 Å². The van der Waals surface area contributed by atoms with Crippen molar-refractivity contribution in [1.82, 2.24) is 0 Å². The molecule has 98 valence electrons. The molecule has 0 bridgehead atoms. The molecule has 1 aromatic carbocycles. The molecule has 0 saturated heterocycles. The highest BCUT2D eigenvalue weighted by Crippen LogP contribution is 2.19. The number of amides is 1. The maximum Gasteiger partial charge on any atom is 0.234 e. The number of para-hydroxylation sites is 1. The maximum absolute atomic E-state index is 13.3. The molecule has 18 heavy (non-hydrogen) atoms. The van der Waals surface area contributed by atoms with Crippen LogP contribution < -0.4 is 11.1 Å². The molecule has 0 aromatic heterocycles. The van der Waals surface area contributed by atoms with Crippen LogP contribution in [0.5, 0.6) is 0 Å². The molecule has 0 aliphatic carbocycles. The van der Waals surface area contributed by atoms with Crippen LogP contribution in [0.25, 0.3) is 0 Å². The molecule has 0 heterocycles. The fraction of sp³-hybridized carbons (Fsp3) is 0.333. The Hall–Kier alpha value is -1.56. The second kappa shape index (κ2) is 6.39. The van der Waals surface area contributed by atoms with Gasteiger partial charge in [-0.25, -0.2) is 8.78 Å². The van der Waals surface area contributed by atoms with Crippen LogP contribution in [0.1, 0.15) is 19.8 Å². The maximum atomic E-state index is 13.3. The van der Waals surface area contributed by atoms with Crippen LogP contribution in [0, 0.1) is 17.6 Å². The Morgan fingerprint density at radius 1 is 1.44 bits per heavy atom. The van der Waals surface area contributed by atoms with E-state index < -0.39 is 29.1 Å². The summed E-state index contributed by atoms with van der Waals surface area (Å²) < 4.78 is 26.7. The summed E-state index contributed by atoms with van der Waals surface area (Å²) in [6.45, 7) is 1.86. The van der Waals surface area contributed by atoms with E-state index in [4.69, 9.17) is 18.0 Å². The Balaban J connectivity index is 2.89. The first kappa shape index (κ1) is 14.5. The van der Waals surface area contributed by atoms with Gasteiger partial charge in [0.25, 0.3) is 0 Å². The van der Waals surface area contributed by atoms with E-state index in [2.05, 4.69) is 5.32 Å². The predicted octanol–water partition coefficient (Wildman–Crippen LogP) is 2.61. The van der Waals surface area contributed by atoms with Gasteiger partial charge in [-0.3, -0.25) is 4.79 Å². The van der Waals surface area contributed by atoms with Gasteiger partial charge in [0.15, 0.2) is 0 Å². The van der Waals surface area contributed by atoms with Crippen molar-refractivity contribution in [2.45, 2.75) is 19.8 Å². The summed E-state index contributed by atoms with van der Waals surface area (Å²) in [5.74, 6) is -2.97. The Bertz CT molecular complexity index is 445. The summed E-state index contributed by atoms with van der Waals surface area (Å²) in [7, 11) is 0. The van der Waals surface area contributed by atoms with Gasteiger partial charge < -0.3 is 11.1 Å². The highest BCUT2D eigenvalue weighted by molar-refractivity contribution is 7.80. The number of benzene rings is 1. The second-order valence-electron chi connectivity index (χ2n) is 3.83. The van der Waals surface area contributed by atoms with Crippen LogP contribution in [0.4, 0.5) is 14.5 Å². The summed E-state index contributed by atoms with van der Waals surface area (Å²) in [5.41, 5.74) is 4.96. The number of anilines is 1. The normalized spacial score (nSPS) is 11.9. The summed E-state index contributed by atoms with van der Waals surface area (Å²) in [4.78, 5) is 11.9. The zero-order valence-electron chi connectivity index (χ0n) is 9.87. The summed E-state index contributed by atoms with van der Waals surface area (Å²) >= 11 is 4.77. The number of carbonyl (C=O) groups is 1. The first-order chi connectivity index (χ1) is 8.47. The zero-order valence-corrected chi connectivity index (χ0v) is 10.7. The molecule has 1 aromatic rings. The van der Waals surface area contributed by atoms with E-state index in [1.54, 1.807) is 0 Å². The van der Waals surface area contributed by atoms with Gasteiger partial charge in [0.05, 0.1) is 10.9 Å². The molecular formula is C12H14F2N2OS. The Kier molecular flexibility index (Phi) is 5.15. The highest BCUT2D eigenvalue weighted by Gasteiger charge is 2.22. The minimum Gasteiger partial charge on any atom is -0.393 e. The molecule has 0 fully saturated rings. The van der Waals surface area contributed by atoms with E-state index in [1.807, 2.05) is 6.92 Å². The standard InChI is InChI=1S/C12H14F2N2OS/c1-2-4-7(11(15)18)12(17)16-10-8(13)5-3-6-9(10)14/h3,5-7H,2,4H2,1H3,(H2,15,18)(H,16,17). The largest absolute Gasteiger partial charge is 0.393 e. The lowest BCUT2D eigenvalue weighted by Gasteiger charge is -2.15. The predicted molar refractivity (Wildman–Crippen MR) is 70.2 cm³/mol. The van der Waals surface area contributed by atoms with Crippen molar-refractivity contribution < 1.29 is 13.6 Å². The molecule has 0 saturated carbocycles. The van der Waals surface area contributed by atoms with Gasteiger partial charge in [-0.15, -0.1) is 0 Å². The van der Waals surface area contributed by atoms with E-state index in [0.717, 1.165) is 12.1 Å². The lowest BCUT2D eigenvalue weighted by atomic mass is 10.0. The van der Waals surface area contributed by atoms with E-state index >= 15 is 0 Å². The van der Waals surface area contributed by atoms with Gasteiger partial charge in [0.1, 0.15) is 17.3 Å². The van der Waals surface area contributed by atoms with Crippen molar-refractivity contribution in [3.8, 4) is 0 Å². The van der Waals surface area contributed by atoms with E-state index in [0.29, 0.717) is 12.8 Å². The minimum atomic E-state index is -0.832. The third-order valence-electron chi connectivity index (χ3n) is 2.45. The molecule has 0 aliphatic heterocycles. The summed E-state index contributed by atoms with van der Waals surface area (Å²) in [6, 6.07) is 3.35. The molecule has 0 spiro atoms. The van der Waals surface area contributed by atoms with Crippen LogP contribution in [0.2, 0.25) is 0 Å².